The van der Waals surface area contributed by atoms with Crippen molar-refractivity contribution in [2.75, 3.05) is 0 Å². The standard InChI is InChI=1S/C12H18FN3O3/c1-8(17)12(3,14)6-4-5-10(13)7-16-9(2)15-19-11(16)18/h5H,4,6-7,14H2,1-3H3/b10-5+/t12-/m0/s1. The molecule has 7 heteroatoms. The number of aryl methyl sites for hydroxylation is 1. The zero-order valence-corrected chi connectivity index (χ0v) is 11.3. The number of halogens is 1. The maximum Gasteiger partial charge on any atom is 0.441 e. The lowest BCUT2D eigenvalue weighted by Crippen LogP contribution is -2.43. The molecular weight excluding hydrogens is 253 g/mol. The summed E-state index contributed by atoms with van der Waals surface area (Å²) in [6.07, 6.45) is 1.97. The van der Waals surface area contributed by atoms with Gasteiger partial charge < -0.3 is 5.73 Å². The predicted molar refractivity (Wildman–Crippen MR) is 67.2 cm³/mol. The third kappa shape index (κ3) is 4.13. The summed E-state index contributed by atoms with van der Waals surface area (Å²) >= 11 is 0. The molecule has 0 unspecified atom stereocenters. The van der Waals surface area contributed by atoms with Crippen LogP contribution in [0.4, 0.5) is 4.39 Å². The fourth-order valence-corrected chi connectivity index (χ4v) is 1.43. The van der Waals surface area contributed by atoms with E-state index in [1.54, 1.807) is 13.8 Å². The average Bonchev–Trinajstić information content (AvgIpc) is 2.60. The molecular formula is C12H18FN3O3. The second-order valence-electron chi connectivity index (χ2n) is 4.75. The summed E-state index contributed by atoms with van der Waals surface area (Å²) in [6, 6.07) is 0. The van der Waals surface area contributed by atoms with Crippen molar-refractivity contribution in [3.05, 3.63) is 28.3 Å². The molecule has 0 aliphatic carbocycles. The monoisotopic (exact) mass is 271 g/mol. The Morgan fingerprint density at radius 1 is 1.63 bits per heavy atom. The molecule has 0 aliphatic heterocycles. The minimum atomic E-state index is -0.958. The SMILES string of the molecule is CC(=O)[C@@](C)(N)CC/C=C(/F)Cn1c(C)noc1=O. The van der Waals surface area contributed by atoms with E-state index in [1.165, 1.54) is 13.0 Å². The number of Topliss-reactive ketones (excluding diaryl/α,β-unsaturated/α-hetero) is 1. The van der Waals surface area contributed by atoms with Crippen LogP contribution in [0, 0.1) is 6.92 Å². The molecule has 0 aromatic carbocycles. The summed E-state index contributed by atoms with van der Waals surface area (Å²) in [5.74, 6) is -1.03. The first kappa shape index (κ1) is 15.3. The second-order valence-corrected chi connectivity index (χ2v) is 4.75. The number of rotatable bonds is 6. The zero-order chi connectivity index (χ0) is 14.6. The first-order valence-electron chi connectivity index (χ1n) is 5.91. The van der Waals surface area contributed by atoms with Crippen LogP contribution in [0.15, 0.2) is 21.2 Å². The highest BCUT2D eigenvalue weighted by Crippen LogP contribution is 2.13. The lowest BCUT2D eigenvalue weighted by atomic mass is 9.93. The molecule has 0 amide bonds. The Bertz CT molecular complexity index is 543. The van der Waals surface area contributed by atoms with Crippen LogP contribution in [0.2, 0.25) is 0 Å². The van der Waals surface area contributed by atoms with E-state index in [4.69, 9.17) is 5.73 Å². The highest BCUT2D eigenvalue weighted by Gasteiger charge is 2.23. The summed E-state index contributed by atoms with van der Waals surface area (Å²) in [5.41, 5.74) is 4.79. The Balaban J connectivity index is 2.60. The minimum absolute atomic E-state index is 0.146. The fourth-order valence-electron chi connectivity index (χ4n) is 1.43. The molecule has 0 spiro atoms. The Morgan fingerprint density at radius 3 is 2.74 bits per heavy atom. The topological polar surface area (TPSA) is 91.1 Å². The number of allylic oxidation sites excluding steroid dienone is 2. The summed E-state index contributed by atoms with van der Waals surface area (Å²) in [5, 5.41) is 3.43. The van der Waals surface area contributed by atoms with Gasteiger partial charge in [0.2, 0.25) is 0 Å². The van der Waals surface area contributed by atoms with E-state index in [1.807, 2.05) is 0 Å². The van der Waals surface area contributed by atoms with Gasteiger partial charge in [-0.05, 0) is 33.6 Å². The fraction of sp³-hybridized carbons (Fsp3) is 0.583. The second kappa shape index (κ2) is 5.92. The van der Waals surface area contributed by atoms with Crippen LogP contribution in [-0.4, -0.2) is 21.0 Å². The zero-order valence-electron chi connectivity index (χ0n) is 11.3. The number of carbonyl (C=O) groups excluding carboxylic acids is 1. The van der Waals surface area contributed by atoms with E-state index in [9.17, 15) is 14.0 Å². The van der Waals surface area contributed by atoms with Gasteiger partial charge in [-0.1, -0.05) is 11.2 Å². The molecule has 0 aliphatic rings. The molecule has 1 atom stereocenters. The van der Waals surface area contributed by atoms with Gasteiger partial charge in [-0.3, -0.25) is 13.9 Å². The molecule has 2 N–H and O–H groups in total. The number of aromatic nitrogens is 2. The van der Waals surface area contributed by atoms with Crippen LogP contribution >= 0.6 is 0 Å². The number of nitrogens with zero attached hydrogens (tertiary/aromatic N) is 2. The van der Waals surface area contributed by atoms with E-state index in [-0.39, 0.29) is 12.3 Å². The average molecular weight is 271 g/mol. The normalized spacial score (nSPS) is 15.3. The Kier molecular flexibility index (Phi) is 4.77. The van der Waals surface area contributed by atoms with E-state index < -0.39 is 17.1 Å². The number of carbonyl (C=O) groups is 1. The van der Waals surface area contributed by atoms with Gasteiger partial charge in [-0.15, -0.1) is 0 Å². The van der Waals surface area contributed by atoms with Crippen LogP contribution in [0.3, 0.4) is 0 Å². The van der Waals surface area contributed by atoms with Crippen molar-refractivity contribution in [1.82, 2.24) is 9.72 Å². The molecule has 19 heavy (non-hydrogen) atoms. The molecule has 1 heterocycles. The molecule has 1 aromatic rings. The van der Waals surface area contributed by atoms with Crippen molar-refractivity contribution in [3.63, 3.8) is 0 Å². The van der Waals surface area contributed by atoms with Crippen LogP contribution < -0.4 is 11.5 Å². The Labute approximate surface area is 110 Å². The molecule has 0 saturated heterocycles. The van der Waals surface area contributed by atoms with Gasteiger partial charge in [0.05, 0.1) is 12.1 Å². The number of nitrogens with two attached hydrogens (primary N) is 1. The number of hydrogen-bond acceptors (Lipinski definition) is 5. The van der Waals surface area contributed by atoms with Gasteiger partial charge in [0.25, 0.3) is 0 Å². The van der Waals surface area contributed by atoms with Gasteiger partial charge >= 0.3 is 5.76 Å². The Morgan fingerprint density at radius 2 is 2.26 bits per heavy atom. The van der Waals surface area contributed by atoms with Gasteiger partial charge in [-0.25, -0.2) is 9.18 Å². The quantitative estimate of drug-likeness (QED) is 0.836. The first-order chi connectivity index (χ1) is 8.74. The molecule has 0 saturated carbocycles. The van der Waals surface area contributed by atoms with E-state index in [0.717, 1.165) is 4.57 Å². The van der Waals surface area contributed by atoms with Gasteiger partial charge in [0.1, 0.15) is 11.6 Å². The predicted octanol–water partition coefficient (Wildman–Crippen LogP) is 1.08. The van der Waals surface area contributed by atoms with Gasteiger partial charge in [0, 0.05) is 0 Å². The summed E-state index contributed by atoms with van der Waals surface area (Å²) in [6.45, 7) is 4.33. The molecule has 0 fully saturated rings. The van der Waals surface area contributed by atoms with Crippen LogP contribution in [0.5, 0.6) is 0 Å². The highest BCUT2D eigenvalue weighted by atomic mass is 19.1. The highest BCUT2D eigenvalue weighted by molar-refractivity contribution is 5.85. The molecule has 6 nitrogen and oxygen atoms in total. The van der Waals surface area contributed by atoms with E-state index in [0.29, 0.717) is 18.7 Å². The molecule has 1 rings (SSSR count). The van der Waals surface area contributed by atoms with Crippen molar-refractivity contribution in [1.29, 1.82) is 0 Å². The minimum Gasteiger partial charge on any atom is -0.319 e. The maximum atomic E-state index is 13.6. The summed E-state index contributed by atoms with van der Waals surface area (Å²) in [4.78, 5) is 22.4. The lowest BCUT2D eigenvalue weighted by molar-refractivity contribution is -0.121. The largest absolute Gasteiger partial charge is 0.441 e. The van der Waals surface area contributed by atoms with Crippen LogP contribution in [0.25, 0.3) is 0 Å². The summed E-state index contributed by atoms with van der Waals surface area (Å²) < 4.78 is 19.1. The van der Waals surface area contributed by atoms with E-state index in [2.05, 4.69) is 9.68 Å². The smallest absolute Gasteiger partial charge is 0.319 e. The van der Waals surface area contributed by atoms with Crippen molar-refractivity contribution in [2.45, 2.75) is 45.7 Å². The van der Waals surface area contributed by atoms with Crippen LogP contribution in [0.1, 0.15) is 32.5 Å². The van der Waals surface area contributed by atoms with Crippen LogP contribution in [-0.2, 0) is 11.3 Å². The number of ketones is 1. The molecule has 1 aromatic heterocycles. The molecule has 0 radical (unpaired) electrons. The third-order valence-corrected chi connectivity index (χ3v) is 3.01. The molecule has 0 bridgehead atoms. The van der Waals surface area contributed by atoms with Crippen molar-refractivity contribution in [2.24, 2.45) is 5.73 Å². The van der Waals surface area contributed by atoms with Crippen molar-refractivity contribution in [3.8, 4) is 0 Å². The lowest BCUT2D eigenvalue weighted by Gasteiger charge is -2.19. The van der Waals surface area contributed by atoms with Crippen molar-refractivity contribution < 1.29 is 13.7 Å². The van der Waals surface area contributed by atoms with Gasteiger partial charge in [-0.2, -0.15) is 0 Å². The maximum absolute atomic E-state index is 13.6. The third-order valence-electron chi connectivity index (χ3n) is 3.01. The summed E-state index contributed by atoms with van der Waals surface area (Å²) in [7, 11) is 0. The van der Waals surface area contributed by atoms with Gasteiger partial charge in [0.15, 0.2) is 5.82 Å². The number of hydrogen-bond donors (Lipinski definition) is 1. The first-order valence-corrected chi connectivity index (χ1v) is 5.91. The van der Waals surface area contributed by atoms with E-state index >= 15 is 0 Å². The van der Waals surface area contributed by atoms with Crippen molar-refractivity contribution >= 4 is 5.78 Å². The Hall–Kier alpha value is -1.76. The molecule has 106 valence electrons.